The number of anilines is 1. The summed E-state index contributed by atoms with van der Waals surface area (Å²) >= 11 is 9.27. The van der Waals surface area contributed by atoms with Gasteiger partial charge in [0.2, 0.25) is 0 Å². The van der Waals surface area contributed by atoms with E-state index in [1.165, 1.54) is 37.8 Å². The number of fused-ring (bicyclic) bond motifs is 1. The second-order valence-electron chi connectivity index (χ2n) is 4.55. The molecule has 0 atom stereocenters. The molecule has 0 spiro atoms. The first-order chi connectivity index (χ1) is 10.3. The molecule has 1 aliphatic rings. The summed E-state index contributed by atoms with van der Waals surface area (Å²) in [6.07, 6.45) is -3.60. The van der Waals surface area contributed by atoms with Crippen LogP contribution in [0.4, 0.5) is 14.5 Å². The number of halogens is 2. The van der Waals surface area contributed by atoms with Crippen molar-refractivity contribution in [3.8, 4) is 11.5 Å². The molecule has 22 heavy (non-hydrogen) atoms. The third kappa shape index (κ3) is 5.86. The Hall–Kier alpha value is -1.25. The maximum Gasteiger partial charge on any atom is 0.586 e. The quantitative estimate of drug-likeness (QED) is 0.643. The van der Waals surface area contributed by atoms with Crippen molar-refractivity contribution in [3.05, 3.63) is 18.2 Å². The molecular formula is C14H20F2N2O2S2. The normalized spacial score (nSPS) is 14.3. The Morgan fingerprint density at radius 2 is 1.73 bits per heavy atom. The number of alkyl halides is 2. The van der Waals surface area contributed by atoms with E-state index in [1.54, 1.807) is 4.90 Å². The fraction of sp³-hybridized carbons (Fsp3) is 0.500. The van der Waals surface area contributed by atoms with E-state index in [9.17, 15) is 8.78 Å². The van der Waals surface area contributed by atoms with Crippen molar-refractivity contribution in [2.24, 2.45) is 0 Å². The Morgan fingerprint density at radius 3 is 2.18 bits per heavy atom. The highest BCUT2D eigenvalue weighted by Crippen LogP contribution is 2.42. The second kappa shape index (κ2) is 8.40. The fourth-order valence-electron chi connectivity index (χ4n) is 1.89. The summed E-state index contributed by atoms with van der Waals surface area (Å²) in [5, 5.41) is 2.63. The van der Waals surface area contributed by atoms with Gasteiger partial charge in [-0.25, -0.2) is 0 Å². The summed E-state index contributed by atoms with van der Waals surface area (Å²) in [5.41, 5.74) is 0.482. The number of quaternary nitrogens is 1. The molecule has 0 radical (unpaired) electrons. The predicted octanol–water partition coefficient (Wildman–Crippen LogP) is 2.18. The monoisotopic (exact) mass is 350 g/mol. The zero-order valence-corrected chi connectivity index (χ0v) is 14.4. The Morgan fingerprint density at radius 1 is 1.18 bits per heavy atom. The molecule has 0 fully saturated rings. The molecule has 0 aliphatic carbocycles. The molecule has 1 aromatic rings. The molecule has 0 bridgehead atoms. The fourth-order valence-corrected chi connectivity index (χ4v) is 2.13. The highest BCUT2D eigenvalue weighted by Gasteiger charge is 2.43. The summed E-state index contributed by atoms with van der Waals surface area (Å²) in [6.45, 7) is 10.5. The number of nitrogens with one attached hydrogen (secondary N) is 2. The molecule has 124 valence electrons. The molecule has 2 N–H and O–H groups in total. The molecule has 0 aromatic heterocycles. The molecule has 1 aliphatic heterocycles. The van der Waals surface area contributed by atoms with Crippen LogP contribution < -0.4 is 19.7 Å². The molecule has 1 heterocycles. The summed E-state index contributed by atoms with van der Waals surface area (Å²) < 4.78 is 33.8. The SMILES string of the molecule is CC[NH+](CC)CC.FC1(F)Oc2ccc(NC(=S)[S-])cc2O1. The molecule has 8 heteroatoms. The van der Waals surface area contributed by atoms with Crippen molar-refractivity contribution in [2.75, 3.05) is 25.0 Å². The van der Waals surface area contributed by atoms with Gasteiger partial charge in [-0.2, -0.15) is 0 Å². The zero-order valence-electron chi connectivity index (χ0n) is 12.7. The standard InChI is InChI=1S/C8H5F2NO2S2.C6H15N/c9-8(10)12-5-2-1-4(11-7(14)15)3-6(5)13-8;1-4-7(5-2)6-3/h1-3H,(H2,11,14,15);4-6H2,1-3H3. The van der Waals surface area contributed by atoms with Gasteiger partial charge in [-0.15, -0.1) is 8.78 Å². The lowest BCUT2D eigenvalue weighted by Gasteiger charge is -2.10. The smallest absolute Gasteiger partial charge is 0.411 e. The van der Waals surface area contributed by atoms with Crippen LogP contribution in [0.1, 0.15) is 20.8 Å². The van der Waals surface area contributed by atoms with Crippen molar-refractivity contribution < 1.29 is 23.2 Å². The average Bonchev–Trinajstić information content (AvgIpc) is 2.74. The third-order valence-electron chi connectivity index (χ3n) is 3.15. The maximum absolute atomic E-state index is 12.6. The van der Waals surface area contributed by atoms with Gasteiger partial charge < -0.3 is 44.5 Å². The molecule has 0 saturated heterocycles. The van der Waals surface area contributed by atoms with Crippen molar-refractivity contribution in [3.63, 3.8) is 0 Å². The summed E-state index contributed by atoms with van der Waals surface area (Å²) in [6, 6.07) is 4.21. The minimum Gasteiger partial charge on any atom is -0.411 e. The maximum atomic E-state index is 12.6. The number of ether oxygens (including phenoxy) is 2. The van der Waals surface area contributed by atoms with Gasteiger partial charge >= 0.3 is 6.29 Å². The Labute approximate surface area is 140 Å². The Balaban J connectivity index is 0.000000295. The minimum absolute atomic E-state index is 0.0131. The van der Waals surface area contributed by atoms with Gasteiger partial charge in [-0.05, 0) is 32.9 Å². The van der Waals surface area contributed by atoms with E-state index < -0.39 is 6.29 Å². The van der Waals surface area contributed by atoms with Gasteiger partial charge in [0.25, 0.3) is 0 Å². The van der Waals surface area contributed by atoms with Crippen LogP contribution in [0.25, 0.3) is 0 Å². The third-order valence-corrected chi connectivity index (χ3v) is 3.35. The van der Waals surface area contributed by atoms with Crippen molar-refractivity contribution >= 4 is 34.9 Å². The first-order valence-electron chi connectivity index (χ1n) is 7.02. The number of hydrogen-bond donors (Lipinski definition) is 2. The Kier molecular flexibility index (Phi) is 7.18. The lowest BCUT2D eigenvalue weighted by molar-refractivity contribution is -0.894. The molecule has 0 saturated carbocycles. The van der Waals surface area contributed by atoms with Crippen molar-refractivity contribution in [2.45, 2.75) is 27.1 Å². The average molecular weight is 350 g/mol. The van der Waals surface area contributed by atoms with Gasteiger partial charge in [-0.1, -0.05) is 4.32 Å². The highest BCUT2D eigenvalue weighted by molar-refractivity contribution is 8.00. The molecule has 0 amide bonds. The van der Waals surface area contributed by atoms with Crippen LogP contribution in [0.5, 0.6) is 11.5 Å². The molecule has 2 rings (SSSR count). The van der Waals surface area contributed by atoms with E-state index in [0.717, 1.165) is 0 Å². The Bertz CT molecular complexity index is 506. The van der Waals surface area contributed by atoms with Crippen LogP contribution in [0, 0.1) is 0 Å². The van der Waals surface area contributed by atoms with Gasteiger partial charge in [-0.3, -0.25) is 0 Å². The van der Waals surface area contributed by atoms with E-state index >= 15 is 0 Å². The summed E-state index contributed by atoms with van der Waals surface area (Å²) in [5.74, 6) is -0.0583. The number of thiocarbonyl (C=S) groups is 1. The lowest BCUT2D eigenvalue weighted by Crippen LogP contribution is -3.11. The van der Waals surface area contributed by atoms with Crippen molar-refractivity contribution in [1.82, 2.24) is 0 Å². The highest BCUT2D eigenvalue weighted by atomic mass is 32.1. The molecular weight excluding hydrogens is 330 g/mol. The van der Waals surface area contributed by atoms with Crippen LogP contribution in [0.3, 0.4) is 0 Å². The van der Waals surface area contributed by atoms with Crippen molar-refractivity contribution in [1.29, 1.82) is 0 Å². The number of rotatable bonds is 4. The first-order valence-corrected chi connectivity index (χ1v) is 7.84. The van der Waals surface area contributed by atoms with E-state index in [-0.39, 0.29) is 15.8 Å². The van der Waals surface area contributed by atoms with E-state index in [4.69, 9.17) is 0 Å². The second-order valence-corrected chi connectivity index (χ2v) is 5.63. The van der Waals surface area contributed by atoms with Gasteiger partial charge in [0.15, 0.2) is 11.5 Å². The van der Waals surface area contributed by atoms with Gasteiger partial charge in [0.05, 0.1) is 19.6 Å². The predicted molar refractivity (Wildman–Crippen MR) is 88.8 cm³/mol. The molecule has 4 nitrogen and oxygen atoms in total. The van der Waals surface area contributed by atoms with Crippen LogP contribution in [0.15, 0.2) is 18.2 Å². The van der Waals surface area contributed by atoms with E-state index in [0.29, 0.717) is 5.69 Å². The summed E-state index contributed by atoms with van der Waals surface area (Å²) in [4.78, 5) is 1.68. The van der Waals surface area contributed by atoms with Crippen LogP contribution >= 0.6 is 12.2 Å². The first kappa shape index (κ1) is 18.8. The topological polar surface area (TPSA) is 34.9 Å². The van der Waals surface area contributed by atoms with E-state index in [2.05, 4.69) is 60.4 Å². The van der Waals surface area contributed by atoms with Gasteiger partial charge in [0.1, 0.15) is 0 Å². The minimum atomic E-state index is -3.60. The zero-order chi connectivity index (χ0) is 16.8. The van der Waals surface area contributed by atoms with E-state index in [1.807, 2.05) is 0 Å². The number of benzene rings is 1. The molecule has 0 unspecified atom stereocenters. The van der Waals surface area contributed by atoms with Crippen LogP contribution in [-0.2, 0) is 12.6 Å². The van der Waals surface area contributed by atoms with Gasteiger partial charge in [0, 0.05) is 11.8 Å². The lowest BCUT2D eigenvalue weighted by atomic mass is 10.3. The van der Waals surface area contributed by atoms with Crippen LogP contribution in [-0.4, -0.2) is 30.2 Å². The largest absolute Gasteiger partial charge is 0.586 e. The summed E-state index contributed by atoms with van der Waals surface area (Å²) in [7, 11) is 0. The number of hydrogen-bond acceptors (Lipinski definition) is 4. The molecule has 1 aromatic carbocycles. The van der Waals surface area contributed by atoms with Crippen LogP contribution in [0.2, 0.25) is 0 Å².